The number of ether oxygens (including phenoxy) is 6. The number of carbonyl (C=O) groups is 5. The molecule has 6 rings (SSSR count). The van der Waals surface area contributed by atoms with Crippen LogP contribution in [0.1, 0.15) is 159 Å². The first-order chi connectivity index (χ1) is 36.4. The van der Waals surface area contributed by atoms with Crippen LogP contribution in [-0.2, 0) is 51.7 Å². The molecule has 0 radical (unpaired) electrons. The van der Waals surface area contributed by atoms with Gasteiger partial charge in [0.1, 0.15) is 47.4 Å². The summed E-state index contributed by atoms with van der Waals surface area (Å²) in [6.45, 7) is 36.3. The van der Waals surface area contributed by atoms with Gasteiger partial charge in [0, 0.05) is 24.7 Å². The summed E-state index contributed by atoms with van der Waals surface area (Å²) in [7, 11) is -5.68. The fourth-order valence-electron chi connectivity index (χ4n) is 13.8. The average molecular weight is 1120 g/mol. The number of benzene rings is 1. The predicted molar refractivity (Wildman–Crippen MR) is 300 cm³/mol. The first kappa shape index (κ1) is 62.8. The quantitative estimate of drug-likeness (QED) is 0.0487. The van der Waals surface area contributed by atoms with Crippen molar-refractivity contribution in [3.8, 4) is 0 Å². The van der Waals surface area contributed by atoms with Crippen molar-refractivity contribution in [1.82, 2.24) is 5.32 Å². The molecule has 3 fully saturated rings. The van der Waals surface area contributed by atoms with E-state index in [2.05, 4.69) is 74.2 Å². The monoisotopic (exact) mass is 1120 g/mol. The minimum atomic E-state index is -3.06. The Balaban J connectivity index is 1.68. The number of furan rings is 1. The summed E-state index contributed by atoms with van der Waals surface area (Å²) in [5, 5.41) is 17.5. The highest BCUT2D eigenvalue weighted by Gasteiger charge is 2.79. The van der Waals surface area contributed by atoms with Gasteiger partial charge in [-0.1, -0.05) is 107 Å². The van der Waals surface area contributed by atoms with Gasteiger partial charge in [0.15, 0.2) is 25.8 Å². The lowest BCUT2D eigenvalue weighted by atomic mass is 9.44. The van der Waals surface area contributed by atoms with E-state index in [0.29, 0.717) is 11.1 Å². The molecule has 11 atom stereocenters. The van der Waals surface area contributed by atoms with Crippen molar-refractivity contribution in [2.75, 3.05) is 13.2 Å². The molecule has 2 heterocycles. The van der Waals surface area contributed by atoms with Crippen molar-refractivity contribution >= 4 is 46.4 Å². The fourth-order valence-corrected chi connectivity index (χ4v) is 22.2. The normalized spacial score (nSPS) is 28.8. The number of ketones is 1. The fraction of sp³-hybridized carbons (Fsp3) is 0.683. The Kier molecular flexibility index (Phi) is 19.3. The summed E-state index contributed by atoms with van der Waals surface area (Å²) in [5.41, 5.74) is -7.30. The van der Waals surface area contributed by atoms with Gasteiger partial charge in [-0.05, 0) is 105 Å². The van der Waals surface area contributed by atoms with Gasteiger partial charge in [0.05, 0.1) is 42.5 Å². The number of hydrogen-bond donors (Lipinski definition) is 2. The van der Waals surface area contributed by atoms with Crippen LogP contribution >= 0.6 is 0 Å². The number of fused-ring (bicyclic) bond motifs is 5. The van der Waals surface area contributed by atoms with Gasteiger partial charge in [0.2, 0.25) is 8.32 Å². The summed E-state index contributed by atoms with van der Waals surface area (Å²) >= 11 is 0. The number of Topliss-reactive ketones (excluding diaryl/α,β-unsaturated/α-hetero) is 1. The number of nitrogens with one attached hydrogen (secondary N) is 1. The maximum Gasteiger partial charge on any atom is 0.408 e. The molecule has 434 valence electrons. The molecule has 1 saturated heterocycles. The van der Waals surface area contributed by atoms with Gasteiger partial charge in [-0.15, -0.1) is 6.58 Å². The van der Waals surface area contributed by atoms with Crippen LogP contribution in [0.4, 0.5) is 4.79 Å². The molecule has 2 aromatic rings. The molecule has 4 aliphatic rings. The Morgan fingerprint density at radius 1 is 0.910 bits per heavy atom. The van der Waals surface area contributed by atoms with E-state index in [1.54, 1.807) is 97.9 Å². The standard InChI is InChI=1S/C60H91NO15Si2/c1-19-31-69-48-46-39(12)42(71-54(65)49(76-78(36(6)7,37(8)9)38(10)11)47(41-30-27-32-68-41)61-55(66)74-56(13,14)15)34-60(67,57(46,16)17)52(72-53(64)40-28-25-24-26-29-40)50-58(18,51(48)63)43(75-77(21-3,22-4)23-5)33-44-59(50,35-70-44)73-45(62)20-2/h19,24-30,32,36-38,42-44,47-50,52,67H,1,20-23,31,33-35H2,2-18H3,(H,61,66)/t42-,43-,44+,47-,48+,49+,50-,52-,58+,59-,60+/m0/s1. The third-order valence-electron chi connectivity index (χ3n) is 18.2. The maximum absolute atomic E-state index is 16.8. The Morgan fingerprint density at radius 2 is 1.53 bits per heavy atom. The van der Waals surface area contributed by atoms with Crippen molar-refractivity contribution in [3.63, 3.8) is 0 Å². The Morgan fingerprint density at radius 3 is 2.03 bits per heavy atom. The van der Waals surface area contributed by atoms with E-state index >= 15 is 14.4 Å². The second-order valence-electron chi connectivity index (χ2n) is 24.8. The summed E-state index contributed by atoms with van der Waals surface area (Å²) < 4.78 is 60.1. The van der Waals surface area contributed by atoms with Crippen molar-refractivity contribution in [2.24, 2.45) is 16.7 Å². The van der Waals surface area contributed by atoms with Gasteiger partial charge < -0.3 is 52.1 Å². The number of hydrogen-bond acceptors (Lipinski definition) is 15. The van der Waals surface area contributed by atoms with Gasteiger partial charge in [0.25, 0.3) is 0 Å². The third kappa shape index (κ3) is 11.3. The van der Waals surface area contributed by atoms with Crippen LogP contribution in [0.25, 0.3) is 0 Å². The van der Waals surface area contributed by atoms with Crippen LogP contribution in [0.5, 0.6) is 0 Å². The van der Waals surface area contributed by atoms with Crippen molar-refractivity contribution in [3.05, 3.63) is 83.9 Å². The molecule has 3 aliphatic carbocycles. The molecular formula is C60H91NO15Si2. The van der Waals surface area contributed by atoms with Crippen LogP contribution in [0.3, 0.4) is 0 Å². The zero-order valence-electron chi connectivity index (χ0n) is 49.6. The minimum absolute atomic E-state index is 0.0255. The lowest BCUT2D eigenvalue weighted by Crippen LogP contribution is -2.82. The molecule has 1 aromatic carbocycles. The molecule has 16 nitrogen and oxygen atoms in total. The molecule has 0 unspecified atom stereocenters. The molecule has 1 aliphatic heterocycles. The largest absolute Gasteiger partial charge is 0.467 e. The maximum atomic E-state index is 16.8. The van der Waals surface area contributed by atoms with Crippen LogP contribution in [0, 0.1) is 16.7 Å². The Hall–Kier alpha value is -4.44. The zero-order chi connectivity index (χ0) is 58.1. The minimum Gasteiger partial charge on any atom is -0.467 e. The van der Waals surface area contributed by atoms with Crippen molar-refractivity contribution < 1.29 is 70.8 Å². The molecule has 0 spiro atoms. The first-order valence-electron chi connectivity index (χ1n) is 28.3. The number of carbonyl (C=O) groups excluding carboxylic acids is 5. The SMILES string of the molecule is C=CCO[C@H]1C(=O)[C@]2(C)[C@@H](O[Si](CC)(CC)CC)C[C@H]3OC[C@@]3(OC(=O)CC)[C@H]2[C@H](OC(=O)c2ccccc2)[C@]2(O)C[C@H](OC(=O)[C@H](O[Si](C(C)C)(C(C)C)C(C)C)[C@@H](NC(=O)OC(C)(C)C)c3ccco3)C(C)=C1C2(C)C. The zero-order valence-corrected chi connectivity index (χ0v) is 51.6. The average Bonchev–Trinajstić information content (AvgIpc) is 4.05. The lowest BCUT2D eigenvalue weighted by Gasteiger charge is -2.68. The number of rotatable bonds is 22. The van der Waals surface area contributed by atoms with E-state index in [4.69, 9.17) is 41.7 Å². The molecule has 1 amide bonds. The van der Waals surface area contributed by atoms with Gasteiger partial charge >= 0.3 is 24.0 Å². The van der Waals surface area contributed by atoms with Crippen molar-refractivity contribution in [1.29, 1.82) is 0 Å². The highest BCUT2D eigenvalue weighted by Crippen LogP contribution is 2.65. The molecular weight excluding hydrogens is 1030 g/mol. The van der Waals surface area contributed by atoms with Crippen LogP contribution in [0.15, 0.2) is 76.9 Å². The van der Waals surface area contributed by atoms with E-state index in [9.17, 15) is 14.7 Å². The number of aliphatic hydroxyl groups is 1. The molecule has 1 aromatic heterocycles. The van der Waals surface area contributed by atoms with Crippen LogP contribution in [-0.4, -0.2) is 118 Å². The molecule has 2 bridgehead atoms. The first-order valence-corrected chi connectivity index (χ1v) is 33.0. The third-order valence-corrected chi connectivity index (χ3v) is 28.9. The van der Waals surface area contributed by atoms with E-state index in [0.717, 1.165) is 18.1 Å². The van der Waals surface area contributed by atoms with Crippen molar-refractivity contribution in [2.45, 2.75) is 231 Å². The summed E-state index contributed by atoms with van der Waals surface area (Å²) in [5.74, 6) is -3.89. The second-order valence-corrected chi connectivity index (χ2v) is 34.9. The lowest BCUT2D eigenvalue weighted by molar-refractivity contribution is -0.345. The van der Waals surface area contributed by atoms with E-state index in [1.165, 1.54) is 12.3 Å². The molecule has 2 saturated carbocycles. The van der Waals surface area contributed by atoms with E-state index in [-0.39, 0.29) is 54.0 Å². The van der Waals surface area contributed by atoms with Crippen LogP contribution < -0.4 is 5.32 Å². The van der Waals surface area contributed by atoms with Gasteiger partial charge in [-0.25, -0.2) is 14.4 Å². The highest BCUT2D eigenvalue weighted by atomic mass is 28.4. The number of alkyl carbamates (subject to hydrolysis) is 1. The second kappa shape index (κ2) is 24.0. The van der Waals surface area contributed by atoms with E-state index in [1.807, 2.05) is 0 Å². The molecule has 78 heavy (non-hydrogen) atoms. The number of esters is 3. The summed E-state index contributed by atoms with van der Waals surface area (Å²) in [6, 6.07) is 12.5. The number of amides is 1. The summed E-state index contributed by atoms with van der Waals surface area (Å²) in [6.07, 6.45) is -5.89. The van der Waals surface area contributed by atoms with Gasteiger partial charge in [-0.2, -0.15) is 0 Å². The Labute approximate surface area is 465 Å². The highest BCUT2D eigenvalue weighted by molar-refractivity contribution is 6.77. The van der Waals surface area contributed by atoms with Crippen LogP contribution in [0.2, 0.25) is 34.8 Å². The smallest absolute Gasteiger partial charge is 0.408 e. The Bertz CT molecular complexity index is 2470. The topological polar surface area (TPSA) is 205 Å². The molecule has 2 N–H and O–H groups in total. The molecule has 18 heteroatoms. The van der Waals surface area contributed by atoms with Gasteiger partial charge in [-0.3, -0.25) is 9.59 Å². The van der Waals surface area contributed by atoms with E-state index < -0.39 is 129 Å². The summed E-state index contributed by atoms with van der Waals surface area (Å²) in [4.78, 5) is 75.6. The predicted octanol–water partition coefficient (Wildman–Crippen LogP) is 11.7.